The average molecular weight is 524 g/mol. The zero-order chi connectivity index (χ0) is 27.9. The summed E-state index contributed by atoms with van der Waals surface area (Å²) in [6.45, 7) is 8.66. The number of benzene rings is 2. The van der Waals surface area contributed by atoms with Crippen molar-refractivity contribution in [2.24, 2.45) is 0 Å². The standard InChI is InChI=1S/C29H37N3O6/c1-19(30-27(36)38-28(2,3)4)25(34)32-23(17-21-14-10-7-11-15-21)26(35)31-22(24(33)29(5)18-37-29)16-20-12-8-6-9-13-20/h6-15,19,22-23H,16-18H2,1-5H3,(H,30,36)(H,31,35)(H,32,34)/t19-,22?,23-,29+/m0/s1. The average Bonchev–Trinajstić information content (AvgIpc) is 3.61. The van der Waals surface area contributed by atoms with Crippen LogP contribution in [0.3, 0.4) is 0 Å². The van der Waals surface area contributed by atoms with Gasteiger partial charge in [0.2, 0.25) is 11.8 Å². The molecule has 9 nitrogen and oxygen atoms in total. The Labute approximate surface area is 223 Å². The van der Waals surface area contributed by atoms with Crippen molar-refractivity contribution in [1.82, 2.24) is 16.0 Å². The number of hydrogen-bond donors (Lipinski definition) is 3. The predicted octanol–water partition coefficient (Wildman–Crippen LogP) is 2.71. The molecule has 2 aromatic carbocycles. The minimum atomic E-state index is -0.994. The minimum absolute atomic E-state index is 0.192. The Hall–Kier alpha value is -3.72. The van der Waals surface area contributed by atoms with Crippen LogP contribution >= 0.6 is 0 Å². The molecule has 3 N–H and O–H groups in total. The summed E-state index contributed by atoms with van der Waals surface area (Å²) in [5, 5.41) is 8.07. The number of hydrogen-bond acceptors (Lipinski definition) is 6. The molecule has 9 heteroatoms. The monoisotopic (exact) mass is 523 g/mol. The van der Waals surface area contributed by atoms with Crippen LogP contribution in [0, 0.1) is 0 Å². The smallest absolute Gasteiger partial charge is 0.408 e. The molecule has 1 unspecified atom stereocenters. The largest absolute Gasteiger partial charge is 0.444 e. The summed E-state index contributed by atoms with van der Waals surface area (Å²) < 4.78 is 10.6. The summed E-state index contributed by atoms with van der Waals surface area (Å²) >= 11 is 0. The molecule has 0 aromatic heterocycles. The van der Waals surface area contributed by atoms with Crippen molar-refractivity contribution in [1.29, 1.82) is 0 Å². The first kappa shape index (κ1) is 28.8. The molecule has 1 fully saturated rings. The van der Waals surface area contributed by atoms with Gasteiger partial charge < -0.3 is 25.4 Å². The van der Waals surface area contributed by atoms with Gasteiger partial charge in [-0.3, -0.25) is 14.4 Å². The highest BCUT2D eigenvalue weighted by atomic mass is 16.6. The van der Waals surface area contributed by atoms with Crippen LogP contribution in [0.5, 0.6) is 0 Å². The first-order valence-corrected chi connectivity index (χ1v) is 12.7. The summed E-state index contributed by atoms with van der Waals surface area (Å²) in [5.41, 5.74) is 0.0491. The Balaban J connectivity index is 1.76. The zero-order valence-corrected chi connectivity index (χ0v) is 22.6. The summed E-state index contributed by atoms with van der Waals surface area (Å²) in [4.78, 5) is 51.9. The number of alkyl carbamates (subject to hydrolysis) is 1. The van der Waals surface area contributed by atoms with Gasteiger partial charge in [-0.25, -0.2) is 4.79 Å². The Kier molecular flexibility index (Phi) is 9.27. The van der Waals surface area contributed by atoms with Gasteiger partial charge in [0.25, 0.3) is 0 Å². The van der Waals surface area contributed by atoms with E-state index in [1.807, 2.05) is 60.7 Å². The maximum Gasteiger partial charge on any atom is 0.408 e. The van der Waals surface area contributed by atoms with Gasteiger partial charge in [0.05, 0.1) is 12.6 Å². The molecule has 3 amide bonds. The van der Waals surface area contributed by atoms with E-state index in [1.54, 1.807) is 27.7 Å². The Bertz CT molecular complexity index is 1130. The molecule has 0 spiro atoms. The molecule has 38 heavy (non-hydrogen) atoms. The number of carbonyl (C=O) groups is 4. The van der Waals surface area contributed by atoms with Gasteiger partial charge in [-0.15, -0.1) is 0 Å². The fraction of sp³-hybridized carbons (Fsp3) is 0.448. The van der Waals surface area contributed by atoms with E-state index in [-0.39, 0.29) is 18.6 Å². The lowest BCUT2D eigenvalue weighted by Crippen LogP contribution is -2.57. The van der Waals surface area contributed by atoms with Crippen LogP contribution in [-0.4, -0.2) is 59.6 Å². The number of rotatable bonds is 11. The number of carbonyl (C=O) groups excluding carboxylic acids is 4. The number of ether oxygens (including phenoxy) is 2. The lowest BCUT2D eigenvalue weighted by atomic mass is 9.94. The molecule has 4 atom stereocenters. The van der Waals surface area contributed by atoms with Crippen LogP contribution in [0.2, 0.25) is 0 Å². The topological polar surface area (TPSA) is 126 Å². The quantitative estimate of drug-likeness (QED) is 0.389. The van der Waals surface area contributed by atoms with Crippen molar-refractivity contribution in [2.75, 3.05) is 6.61 Å². The Morgan fingerprint density at radius 1 is 0.842 bits per heavy atom. The SMILES string of the molecule is C[C@H](NC(=O)OC(C)(C)C)C(=O)N[C@@H](Cc1ccccc1)C(=O)NC(Cc1ccccc1)C(=O)[C@@]1(C)CO1. The molecule has 2 aromatic rings. The number of ketones is 1. The van der Waals surface area contributed by atoms with Gasteiger partial charge in [0.15, 0.2) is 5.78 Å². The number of amides is 3. The molecule has 0 radical (unpaired) electrons. The van der Waals surface area contributed by atoms with Crippen LogP contribution in [0.1, 0.15) is 45.7 Å². The van der Waals surface area contributed by atoms with Crippen LogP contribution in [0.4, 0.5) is 4.79 Å². The molecular weight excluding hydrogens is 486 g/mol. The predicted molar refractivity (Wildman–Crippen MR) is 142 cm³/mol. The maximum absolute atomic E-state index is 13.5. The second-order valence-corrected chi connectivity index (χ2v) is 10.8. The van der Waals surface area contributed by atoms with Crippen molar-refractivity contribution < 1.29 is 28.7 Å². The number of Topliss-reactive ketones (excluding diaryl/α,β-unsaturated/α-hetero) is 1. The molecule has 0 aliphatic carbocycles. The minimum Gasteiger partial charge on any atom is -0.444 e. The van der Waals surface area contributed by atoms with Crippen molar-refractivity contribution in [3.8, 4) is 0 Å². The van der Waals surface area contributed by atoms with E-state index in [0.717, 1.165) is 11.1 Å². The summed E-state index contributed by atoms with van der Waals surface area (Å²) in [5.74, 6) is -1.29. The van der Waals surface area contributed by atoms with Crippen molar-refractivity contribution >= 4 is 23.7 Å². The van der Waals surface area contributed by atoms with E-state index in [4.69, 9.17) is 9.47 Å². The van der Waals surface area contributed by atoms with E-state index in [1.165, 1.54) is 6.92 Å². The Morgan fingerprint density at radius 3 is 1.79 bits per heavy atom. The number of epoxide rings is 1. The molecule has 0 bridgehead atoms. The second-order valence-electron chi connectivity index (χ2n) is 10.8. The van der Waals surface area contributed by atoms with Crippen LogP contribution in [-0.2, 0) is 36.7 Å². The Morgan fingerprint density at radius 2 is 1.32 bits per heavy atom. The molecule has 1 saturated heterocycles. The third-order valence-electron chi connectivity index (χ3n) is 6.06. The van der Waals surface area contributed by atoms with E-state index in [9.17, 15) is 19.2 Å². The fourth-order valence-electron chi connectivity index (χ4n) is 3.86. The lowest BCUT2D eigenvalue weighted by molar-refractivity contribution is -0.133. The molecule has 1 aliphatic rings. The van der Waals surface area contributed by atoms with Gasteiger partial charge in [-0.05, 0) is 52.2 Å². The summed E-state index contributed by atoms with van der Waals surface area (Å²) in [7, 11) is 0. The van der Waals surface area contributed by atoms with E-state index in [2.05, 4.69) is 16.0 Å². The summed E-state index contributed by atoms with van der Waals surface area (Å²) in [6.07, 6.45) is -0.264. The molecule has 3 rings (SSSR count). The van der Waals surface area contributed by atoms with Crippen molar-refractivity contribution in [3.63, 3.8) is 0 Å². The van der Waals surface area contributed by atoms with E-state index >= 15 is 0 Å². The summed E-state index contributed by atoms with van der Waals surface area (Å²) in [6, 6.07) is 15.8. The van der Waals surface area contributed by atoms with E-state index in [0.29, 0.717) is 6.61 Å². The highest BCUT2D eigenvalue weighted by molar-refractivity contribution is 5.98. The van der Waals surface area contributed by atoms with Crippen LogP contribution < -0.4 is 16.0 Å². The van der Waals surface area contributed by atoms with E-state index < -0.39 is 47.2 Å². The molecule has 1 aliphatic heterocycles. The molecular formula is C29H37N3O6. The van der Waals surface area contributed by atoms with Gasteiger partial charge in [-0.2, -0.15) is 0 Å². The van der Waals surface area contributed by atoms with Gasteiger partial charge in [0.1, 0.15) is 23.3 Å². The highest BCUT2D eigenvalue weighted by Gasteiger charge is 2.50. The maximum atomic E-state index is 13.5. The third-order valence-corrected chi connectivity index (χ3v) is 6.06. The first-order chi connectivity index (χ1) is 17.9. The van der Waals surface area contributed by atoms with Crippen LogP contribution in [0.25, 0.3) is 0 Å². The molecule has 1 heterocycles. The van der Waals surface area contributed by atoms with Gasteiger partial charge >= 0.3 is 6.09 Å². The highest BCUT2D eigenvalue weighted by Crippen LogP contribution is 2.29. The van der Waals surface area contributed by atoms with Gasteiger partial charge in [0, 0.05) is 6.42 Å². The number of nitrogens with one attached hydrogen (secondary N) is 3. The lowest BCUT2D eigenvalue weighted by Gasteiger charge is -2.26. The first-order valence-electron chi connectivity index (χ1n) is 12.7. The van der Waals surface area contributed by atoms with Crippen LogP contribution in [0.15, 0.2) is 60.7 Å². The second kappa shape index (κ2) is 12.2. The normalized spacial score (nSPS) is 18.9. The molecule has 204 valence electrons. The van der Waals surface area contributed by atoms with Crippen molar-refractivity contribution in [3.05, 3.63) is 71.8 Å². The molecule has 0 saturated carbocycles. The van der Waals surface area contributed by atoms with Crippen molar-refractivity contribution in [2.45, 2.75) is 76.8 Å². The third kappa shape index (κ3) is 8.69. The zero-order valence-electron chi connectivity index (χ0n) is 22.6. The van der Waals surface area contributed by atoms with Gasteiger partial charge in [-0.1, -0.05) is 60.7 Å². The fourth-order valence-corrected chi connectivity index (χ4v) is 3.86.